The smallest absolute Gasteiger partial charge is 0.162 e. The molecule has 0 aromatic heterocycles. The fourth-order valence-electron chi connectivity index (χ4n) is 3.61. The van der Waals surface area contributed by atoms with Gasteiger partial charge in [-0.1, -0.05) is 5.16 Å². The van der Waals surface area contributed by atoms with E-state index in [1.165, 1.54) is 12.8 Å². The van der Waals surface area contributed by atoms with Crippen LogP contribution in [0.3, 0.4) is 0 Å². The first-order chi connectivity index (χ1) is 10.8. The van der Waals surface area contributed by atoms with Crippen molar-refractivity contribution < 1.29 is 14.3 Å². The third-order valence-electron chi connectivity index (χ3n) is 4.85. The van der Waals surface area contributed by atoms with E-state index >= 15 is 0 Å². The van der Waals surface area contributed by atoms with Crippen molar-refractivity contribution in [2.24, 2.45) is 11.1 Å². The Morgan fingerprint density at radius 3 is 2.86 bits per heavy atom. The third kappa shape index (κ3) is 2.43. The van der Waals surface area contributed by atoms with Gasteiger partial charge in [0.1, 0.15) is 6.10 Å². The molecule has 1 aromatic carbocycles. The van der Waals surface area contributed by atoms with Crippen LogP contribution in [0.2, 0.25) is 0 Å². The molecule has 2 atom stereocenters. The van der Waals surface area contributed by atoms with Crippen molar-refractivity contribution in [3.8, 4) is 11.5 Å². The summed E-state index contributed by atoms with van der Waals surface area (Å²) in [7, 11) is 1.68. The van der Waals surface area contributed by atoms with Crippen LogP contribution in [0, 0.1) is 5.92 Å². The number of rotatable bonds is 4. The molecule has 1 N–H and O–H groups in total. The van der Waals surface area contributed by atoms with E-state index in [-0.39, 0.29) is 6.10 Å². The molecule has 1 aliphatic carbocycles. The Kier molecular flexibility index (Phi) is 3.66. The Morgan fingerprint density at radius 1 is 1.18 bits per heavy atom. The van der Waals surface area contributed by atoms with E-state index in [2.05, 4.69) is 16.5 Å². The maximum Gasteiger partial charge on any atom is 0.162 e. The second-order valence-corrected chi connectivity index (χ2v) is 6.28. The van der Waals surface area contributed by atoms with Crippen LogP contribution in [0.1, 0.15) is 31.2 Å². The first-order valence-corrected chi connectivity index (χ1v) is 8.14. The van der Waals surface area contributed by atoms with Crippen LogP contribution in [0.25, 0.3) is 0 Å². The Morgan fingerprint density at radius 2 is 2.05 bits per heavy atom. The minimum Gasteiger partial charge on any atom is -0.493 e. The highest BCUT2D eigenvalue weighted by Gasteiger charge is 2.38. The molecule has 0 amide bonds. The minimum absolute atomic E-state index is 0.177. The highest BCUT2D eigenvalue weighted by molar-refractivity contribution is 6.03. The molecule has 2 aliphatic heterocycles. The number of nitrogens with one attached hydrogen (secondary N) is 1. The second-order valence-electron chi connectivity index (χ2n) is 6.28. The van der Waals surface area contributed by atoms with Crippen LogP contribution in [-0.4, -0.2) is 38.1 Å². The molecule has 1 saturated carbocycles. The number of ether oxygens (including phenoxy) is 2. The molecule has 0 spiro atoms. The predicted molar refractivity (Wildman–Crippen MR) is 83.6 cm³/mol. The summed E-state index contributed by atoms with van der Waals surface area (Å²) in [5.74, 6) is 1.95. The van der Waals surface area contributed by atoms with E-state index in [1.54, 1.807) is 7.11 Å². The van der Waals surface area contributed by atoms with Gasteiger partial charge in [0.15, 0.2) is 11.5 Å². The summed E-state index contributed by atoms with van der Waals surface area (Å²) >= 11 is 0. The standard InChI is InChI=1S/C17H22N2O3/c1-20-14-7-6-11(8-15(14)21-12-4-2-3-5-12)17-13-9-18-10-16(13)22-19-17/h6-8,12-13,16,18H,2-5,9-10H2,1H3. The summed E-state index contributed by atoms with van der Waals surface area (Å²) < 4.78 is 11.6. The molecule has 2 heterocycles. The Balaban J connectivity index is 1.60. The molecule has 2 unspecified atom stereocenters. The number of oxime groups is 1. The summed E-state index contributed by atoms with van der Waals surface area (Å²) in [6, 6.07) is 6.07. The Hall–Kier alpha value is -1.75. The predicted octanol–water partition coefficient (Wildman–Crippen LogP) is 2.34. The second kappa shape index (κ2) is 5.80. The lowest BCUT2D eigenvalue weighted by Crippen LogP contribution is -2.22. The number of nitrogens with zero attached hydrogens (tertiary/aromatic N) is 1. The molecule has 0 radical (unpaired) electrons. The molecule has 5 nitrogen and oxygen atoms in total. The van der Waals surface area contributed by atoms with E-state index in [4.69, 9.17) is 14.3 Å². The summed E-state index contributed by atoms with van der Waals surface area (Å²) in [5, 5.41) is 7.66. The van der Waals surface area contributed by atoms with Gasteiger partial charge in [-0.25, -0.2) is 0 Å². The van der Waals surface area contributed by atoms with Crippen LogP contribution in [0.4, 0.5) is 0 Å². The van der Waals surface area contributed by atoms with E-state index < -0.39 is 0 Å². The molecule has 3 aliphatic rings. The van der Waals surface area contributed by atoms with Crippen molar-refractivity contribution in [3.63, 3.8) is 0 Å². The fraction of sp³-hybridized carbons (Fsp3) is 0.588. The molecule has 5 heteroatoms. The molecular weight excluding hydrogens is 280 g/mol. The SMILES string of the molecule is COc1ccc(C2=NOC3CNCC23)cc1OC1CCCC1. The number of benzene rings is 1. The average Bonchev–Trinajstić information content (AvgIpc) is 3.24. The van der Waals surface area contributed by atoms with Crippen molar-refractivity contribution in [1.82, 2.24) is 5.32 Å². The van der Waals surface area contributed by atoms with Gasteiger partial charge in [-0.3, -0.25) is 0 Å². The van der Waals surface area contributed by atoms with Crippen LogP contribution in [0.5, 0.6) is 11.5 Å². The lowest BCUT2D eigenvalue weighted by molar-refractivity contribution is 0.0842. The van der Waals surface area contributed by atoms with Gasteiger partial charge in [0.05, 0.1) is 24.8 Å². The third-order valence-corrected chi connectivity index (χ3v) is 4.85. The number of hydrogen-bond donors (Lipinski definition) is 1. The van der Waals surface area contributed by atoms with E-state index in [9.17, 15) is 0 Å². The van der Waals surface area contributed by atoms with Gasteiger partial charge in [0.2, 0.25) is 0 Å². The summed E-state index contributed by atoms with van der Waals surface area (Å²) in [5.41, 5.74) is 2.10. The zero-order valence-electron chi connectivity index (χ0n) is 12.9. The summed E-state index contributed by atoms with van der Waals surface area (Å²) in [6.45, 7) is 1.80. The van der Waals surface area contributed by atoms with Crippen molar-refractivity contribution in [3.05, 3.63) is 23.8 Å². The minimum atomic E-state index is 0.177. The molecule has 4 rings (SSSR count). The maximum atomic E-state index is 6.17. The number of fused-ring (bicyclic) bond motifs is 1. The van der Waals surface area contributed by atoms with Crippen molar-refractivity contribution in [2.75, 3.05) is 20.2 Å². The van der Waals surface area contributed by atoms with Crippen molar-refractivity contribution >= 4 is 5.71 Å². The Bertz CT molecular complexity index is 581. The maximum absolute atomic E-state index is 6.17. The molecular formula is C17H22N2O3. The monoisotopic (exact) mass is 302 g/mol. The van der Waals surface area contributed by atoms with Gasteiger partial charge < -0.3 is 19.6 Å². The van der Waals surface area contributed by atoms with Crippen molar-refractivity contribution in [2.45, 2.75) is 37.9 Å². The molecule has 2 fully saturated rings. The summed E-state index contributed by atoms with van der Waals surface area (Å²) in [4.78, 5) is 5.53. The van der Waals surface area contributed by atoms with Gasteiger partial charge in [-0.2, -0.15) is 0 Å². The highest BCUT2D eigenvalue weighted by Crippen LogP contribution is 2.34. The first kappa shape index (κ1) is 13.9. The lowest BCUT2D eigenvalue weighted by atomic mass is 9.94. The molecule has 0 bridgehead atoms. The van der Waals surface area contributed by atoms with E-state index in [1.807, 2.05) is 12.1 Å². The van der Waals surface area contributed by atoms with Gasteiger partial charge >= 0.3 is 0 Å². The average molecular weight is 302 g/mol. The normalized spacial score (nSPS) is 27.4. The summed E-state index contributed by atoms with van der Waals surface area (Å²) in [6.07, 6.45) is 5.26. The van der Waals surface area contributed by atoms with Crippen LogP contribution >= 0.6 is 0 Å². The van der Waals surface area contributed by atoms with Gasteiger partial charge in [-0.05, 0) is 43.9 Å². The Labute approximate surface area is 130 Å². The zero-order chi connectivity index (χ0) is 14.9. The number of methoxy groups -OCH3 is 1. The first-order valence-electron chi connectivity index (χ1n) is 8.14. The van der Waals surface area contributed by atoms with Crippen LogP contribution in [-0.2, 0) is 4.84 Å². The fourth-order valence-corrected chi connectivity index (χ4v) is 3.61. The van der Waals surface area contributed by atoms with Gasteiger partial charge in [0, 0.05) is 18.7 Å². The highest BCUT2D eigenvalue weighted by atomic mass is 16.6. The quantitative estimate of drug-likeness (QED) is 0.927. The van der Waals surface area contributed by atoms with Gasteiger partial charge in [-0.15, -0.1) is 0 Å². The van der Waals surface area contributed by atoms with Crippen molar-refractivity contribution in [1.29, 1.82) is 0 Å². The molecule has 1 aromatic rings. The molecule has 118 valence electrons. The lowest BCUT2D eigenvalue weighted by Gasteiger charge is -2.17. The largest absolute Gasteiger partial charge is 0.493 e. The molecule has 1 saturated heterocycles. The van der Waals surface area contributed by atoms with E-state index in [0.717, 1.165) is 48.7 Å². The van der Waals surface area contributed by atoms with Crippen LogP contribution in [0.15, 0.2) is 23.4 Å². The number of hydrogen-bond acceptors (Lipinski definition) is 5. The van der Waals surface area contributed by atoms with Crippen LogP contribution < -0.4 is 14.8 Å². The zero-order valence-corrected chi connectivity index (χ0v) is 12.9. The topological polar surface area (TPSA) is 52.1 Å². The van der Waals surface area contributed by atoms with E-state index in [0.29, 0.717) is 12.0 Å². The molecule has 22 heavy (non-hydrogen) atoms. The van der Waals surface area contributed by atoms with Gasteiger partial charge in [0.25, 0.3) is 0 Å².